The minimum absolute atomic E-state index is 0.0920. The second-order valence-corrected chi connectivity index (χ2v) is 4.19. The van der Waals surface area contributed by atoms with Crippen LogP contribution in [0.15, 0.2) is 16.8 Å². The van der Waals surface area contributed by atoms with Gasteiger partial charge in [-0.3, -0.25) is 9.59 Å². The average molecular weight is 238 g/mol. The highest BCUT2D eigenvalue weighted by molar-refractivity contribution is 5.92. The summed E-state index contributed by atoms with van der Waals surface area (Å²) < 4.78 is 9.52. The first-order valence-corrected chi connectivity index (χ1v) is 5.41. The van der Waals surface area contributed by atoms with Gasteiger partial charge in [-0.2, -0.15) is 0 Å². The number of aromatic nitrogens is 1. The smallest absolute Gasteiger partial charge is 0.310 e. The Kier molecular flexibility index (Phi) is 3.12. The Labute approximate surface area is 98.5 Å². The van der Waals surface area contributed by atoms with Crippen LogP contribution in [0.5, 0.6) is 0 Å². The largest absolute Gasteiger partial charge is 0.469 e. The molecule has 92 valence electrons. The number of rotatable bonds is 2. The van der Waals surface area contributed by atoms with Crippen LogP contribution in [0.4, 0.5) is 0 Å². The molecule has 1 fully saturated rings. The maximum Gasteiger partial charge on any atom is 0.310 e. The lowest BCUT2D eigenvalue weighted by atomic mass is 9.99. The van der Waals surface area contributed by atoms with Crippen molar-refractivity contribution in [2.75, 3.05) is 20.2 Å². The van der Waals surface area contributed by atoms with Gasteiger partial charge in [-0.1, -0.05) is 12.1 Å². The van der Waals surface area contributed by atoms with E-state index in [2.05, 4.69) is 5.16 Å². The number of carbonyl (C=O) groups is 2. The van der Waals surface area contributed by atoms with Gasteiger partial charge >= 0.3 is 5.97 Å². The molecule has 1 aliphatic rings. The van der Waals surface area contributed by atoms with Crippen LogP contribution in [0, 0.1) is 11.8 Å². The summed E-state index contributed by atoms with van der Waals surface area (Å²) in [5, 5.41) is 3.49. The van der Waals surface area contributed by atoms with Crippen molar-refractivity contribution in [1.82, 2.24) is 10.1 Å². The second-order valence-electron chi connectivity index (χ2n) is 4.19. The molecule has 1 saturated heterocycles. The highest BCUT2D eigenvalue weighted by atomic mass is 16.5. The van der Waals surface area contributed by atoms with Crippen LogP contribution in [0.1, 0.15) is 17.5 Å². The molecule has 2 rings (SSSR count). The van der Waals surface area contributed by atoms with E-state index in [1.54, 1.807) is 4.90 Å². The molecule has 1 aromatic heterocycles. The number of carbonyl (C=O) groups excluding carboxylic acids is 2. The number of ether oxygens (including phenoxy) is 1. The monoisotopic (exact) mass is 238 g/mol. The van der Waals surface area contributed by atoms with Crippen molar-refractivity contribution in [3.8, 4) is 0 Å². The molecule has 0 spiro atoms. The fourth-order valence-corrected chi connectivity index (χ4v) is 2.07. The Morgan fingerprint density at radius 2 is 2.29 bits per heavy atom. The van der Waals surface area contributed by atoms with E-state index >= 15 is 0 Å². The molecule has 6 nitrogen and oxygen atoms in total. The van der Waals surface area contributed by atoms with Crippen LogP contribution in [0.25, 0.3) is 0 Å². The maximum absolute atomic E-state index is 12.0. The summed E-state index contributed by atoms with van der Waals surface area (Å²) in [5.74, 6) is -0.477. The molecule has 2 unspecified atom stereocenters. The van der Waals surface area contributed by atoms with E-state index in [-0.39, 0.29) is 29.5 Å². The van der Waals surface area contributed by atoms with Crippen molar-refractivity contribution >= 4 is 11.9 Å². The highest BCUT2D eigenvalue weighted by Gasteiger charge is 2.38. The van der Waals surface area contributed by atoms with Crippen molar-refractivity contribution in [3.05, 3.63) is 18.0 Å². The SMILES string of the molecule is COC(=O)C1CN(C(=O)c2ccno2)CC1C. The Morgan fingerprint density at radius 3 is 2.88 bits per heavy atom. The molecule has 0 bridgehead atoms. The Balaban J connectivity index is 2.06. The number of hydrogen-bond donors (Lipinski definition) is 0. The Bertz CT molecular complexity index is 415. The van der Waals surface area contributed by atoms with Gasteiger partial charge in [0.1, 0.15) is 0 Å². The van der Waals surface area contributed by atoms with Crippen LogP contribution >= 0.6 is 0 Å². The standard InChI is InChI=1S/C11H14N2O4/c1-7-5-13(6-8(7)11(15)16-2)10(14)9-3-4-12-17-9/h3-4,7-8H,5-6H2,1-2H3. The quantitative estimate of drug-likeness (QED) is 0.704. The van der Waals surface area contributed by atoms with Gasteiger partial charge in [0.25, 0.3) is 5.91 Å². The molecule has 6 heteroatoms. The van der Waals surface area contributed by atoms with Crippen molar-refractivity contribution in [2.24, 2.45) is 11.8 Å². The van der Waals surface area contributed by atoms with Crippen molar-refractivity contribution in [1.29, 1.82) is 0 Å². The van der Waals surface area contributed by atoms with E-state index in [1.807, 2.05) is 6.92 Å². The molecular weight excluding hydrogens is 224 g/mol. The number of esters is 1. The van der Waals surface area contributed by atoms with E-state index in [0.717, 1.165) is 0 Å². The molecule has 1 amide bonds. The molecule has 0 N–H and O–H groups in total. The summed E-state index contributed by atoms with van der Waals surface area (Å²) >= 11 is 0. The molecule has 1 aromatic rings. The van der Waals surface area contributed by atoms with Gasteiger partial charge in [0.2, 0.25) is 5.76 Å². The van der Waals surface area contributed by atoms with Crippen LogP contribution in [-0.4, -0.2) is 42.1 Å². The maximum atomic E-state index is 12.0. The minimum atomic E-state index is -0.273. The first kappa shape index (κ1) is 11.6. The minimum Gasteiger partial charge on any atom is -0.469 e. The molecule has 0 aromatic carbocycles. The number of amides is 1. The summed E-state index contributed by atoms with van der Waals surface area (Å²) in [4.78, 5) is 25.0. The molecule has 2 heterocycles. The molecule has 2 atom stereocenters. The van der Waals surface area contributed by atoms with Gasteiger partial charge in [-0.15, -0.1) is 0 Å². The second kappa shape index (κ2) is 4.57. The Hall–Kier alpha value is -1.85. The highest BCUT2D eigenvalue weighted by Crippen LogP contribution is 2.25. The fraction of sp³-hybridized carbons (Fsp3) is 0.545. The fourth-order valence-electron chi connectivity index (χ4n) is 2.07. The summed E-state index contributed by atoms with van der Waals surface area (Å²) in [6.45, 7) is 2.82. The number of likely N-dealkylation sites (tertiary alicyclic amines) is 1. The summed E-state index contributed by atoms with van der Waals surface area (Å²) in [6.07, 6.45) is 1.42. The first-order valence-electron chi connectivity index (χ1n) is 5.41. The number of methoxy groups -OCH3 is 1. The van der Waals surface area contributed by atoms with Gasteiger partial charge in [0.05, 0.1) is 19.2 Å². The summed E-state index contributed by atoms with van der Waals surface area (Å²) in [5.41, 5.74) is 0. The summed E-state index contributed by atoms with van der Waals surface area (Å²) in [7, 11) is 1.36. The lowest BCUT2D eigenvalue weighted by Gasteiger charge is -2.13. The third-order valence-corrected chi connectivity index (χ3v) is 3.05. The molecule has 0 radical (unpaired) electrons. The van der Waals surface area contributed by atoms with Crippen molar-refractivity contribution in [3.63, 3.8) is 0 Å². The van der Waals surface area contributed by atoms with Crippen LogP contribution in [-0.2, 0) is 9.53 Å². The lowest BCUT2D eigenvalue weighted by molar-refractivity contribution is -0.146. The van der Waals surface area contributed by atoms with E-state index in [4.69, 9.17) is 9.26 Å². The molecule has 0 saturated carbocycles. The van der Waals surface area contributed by atoms with Crippen molar-refractivity contribution in [2.45, 2.75) is 6.92 Å². The summed E-state index contributed by atoms with van der Waals surface area (Å²) in [6, 6.07) is 1.51. The normalized spacial score (nSPS) is 23.8. The van der Waals surface area contributed by atoms with E-state index in [1.165, 1.54) is 19.4 Å². The van der Waals surface area contributed by atoms with Gasteiger partial charge in [-0.25, -0.2) is 0 Å². The predicted octanol–water partition coefficient (Wildman–Crippen LogP) is 0.556. The molecular formula is C11H14N2O4. The van der Waals surface area contributed by atoms with Gasteiger partial charge in [0, 0.05) is 19.2 Å². The van der Waals surface area contributed by atoms with Gasteiger partial charge in [-0.05, 0) is 5.92 Å². The first-order chi connectivity index (χ1) is 8.13. The van der Waals surface area contributed by atoms with E-state index in [0.29, 0.717) is 13.1 Å². The predicted molar refractivity (Wildman–Crippen MR) is 57.1 cm³/mol. The van der Waals surface area contributed by atoms with Crippen LogP contribution < -0.4 is 0 Å². The zero-order valence-corrected chi connectivity index (χ0v) is 9.75. The van der Waals surface area contributed by atoms with Gasteiger partial charge < -0.3 is 14.2 Å². The zero-order valence-electron chi connectivity index (χ0n) is 9.75. The third kappa shape index (κ3) is 2.15. The van der Waals surface area contributed by atoms with Crippen LogP contribution in [0.2, 0.25) is 0 Å². The van der Waals surface area contributed by atoms with E-state index in [9.17, 15) is 9.59 Å². The molecule has 1 aliphatic heterocycles. The average Bonchev–Trinajstić information content (AvgIpc) is 2.96. The Morgan fingerprint density at radius 1 is 1.53 bits per heavy atom. The van der Waals surface area contributed by atoms with Gasteiger partial charge in [0.15, 0.2) is 0 Å². The number of hydrogen-bond acceptors (Lipinski definition) is 5. The van der Waals surface area contributed by atoms with Crippen LogP contribution in [0.3, 0.4) is 0 Å². The third-order valence-electron chi connectivity index (χ3n) is 3.05. The van der Waals surface area contributed by atoms with E-state index < -0.39 is 0 Å². The lowest BCUT2D eigenvalue weighted by Crippen LogP contribution is -2.29. The molecule has 0 aliphatic carbocycles. The van der Waals surface area contributed by atoms with Crippen molar-refractivity contribution < 1.29 is 18.8 Å². The number of nitrogens with zero attached hydrogens (tertiary/aromatic N) is 2. The topological polar surface area (TPSA) is 72.6 Å². The zero-order chi connectivity index (χ0) is 12.4. The molecule has 17 heavy (non-hydrogen) atoms.